The molecule has 0 bridgehead atoms. The van der Waals surface area contributed by atoms with E-state index in [0.29, 0.717) is 11.5 Å². The van der Waals surface area contributed by atoms with E-state index in [1.807, 2.05) is 44.3 Å². The molecule has 7 heteroatoms. The molecular formula is C32H35N5OS. The zero-order valence-corrected chi connectivity index (χ0v) is 24.2. The molecule has 2 N–H and O–H groups in total. The summed E-state index contributed by atoms with van der Waals surface area (Å²) in [6.07, 6.45) is 2.26. The number of hydrogen-bond acceptors (Lipinski definition) is 3. The Balaban J connectivity index is 1.64. The number of pyridine rings is 1. The highest BCUT2D eigenvalue weighted by atomic mass is 32.1. The van der Waals surface area contributed by atoms with Gasteiger partial charge in [0.1, 0.15) is 0 Å². The number of carbonyl (C=O) groups is 1. The van der Waals surface area contributed by atoms with Gasteiger partial charge in [-0.15, -0.1) is 0 Å². The second kappa shape index (κ2) is 10.7. The van der Waals surface area contributed by atoms with Crippen molar-refractivity contribution in [3.63, 3.8) is 0 Å². The van der Waals surface area contributed by atoms with Crippen molar-refractivity contribution in [2.75, 3.05) is 10.2 Å². The lowest BCUT2D eigenvalue weighted by molar-refractivity contribution is -0.115. The van der Waals surface area contributed by atoms with Gasteiger partial charge in [-0.25, -0.2) is 0 Å². The van der Waals surface area contributed by atoms with Crippen LogP contribution in [0.3, 0.4) is 0 Å². The normalized spacial score (nSPS) is 16.9. The number of rotatable bonds is 6. The number of nitrogens with zero attached hydrogens (tertiary/aromatic N) is 3. The molecule has 3 heterocycles. The predicted octanol–water partition coefficient (Wildman–Crippen LogP) is 6.94. The summed E-state index contributed by atoms with van der Waals surface area (Å²) >= 11 is 5.96. The number of benzene rings is 2. The average Bonchev–Trinajstić information content (AvgIpc) is 3.39. The fourth-order valence-electron chi connectivity index (χ4n) is 5.69. The third-order valence-electron chi connectivity index (χ3n) is 7.44. The molecule has 2 aromatic heterocycles. The van der Waals surface area contributed by atoms with E-state index >= 15 is 0 Å². The lowest BCUT2D eigenvalue weighted by atomic mass is 9.96. The number of amides is 1. The van der Waals surface area contributed by atoms with Crippen LogP contribution in [-0.4, -0.2) is 20.6 Å². The van der Waals surface area contributed by atoms with E-state index in [4.69, 9.17) is 17.2 Å². The Morgan fingerprint density at radius 1 is 0.974 bits per heavy atom. The number of hydrogen-bond donors (Lipinski definition) is 2. The number of aromatic nitrogens is 2. The molecule has 0 radical (unpaired) electrons. The first-order valence-electron chi connectivity index (χ1n) is 13.4. The van der Waals surface area contributed by atoms with Crippen molar-refractivity contribution in [3.05, 3.63) is 106 Å². The zero-order valence-electron chi connectivity index (χ0n) is 23.4. The minimum atomic E-state index is -0.133. The fraction of sp³-hybridized carbons (Fsp3) is 0.281. The molecule has 0 aliphatic carbocycles. The molecule has 39 heavy (non-hydrogen) atoms. The van der Waals surface area contributed by atoms with Crippen LogP contribution in [0.4, 0.5) is 11.4 Å². The van der Waals surface area contributed by atoms with Crippen molar-refractivity contribution in [3.8, 4) is 5.69 Å². The van der Waals surface area contributed by atoms with E-state index in [1.54, 1.807) is 0 Å². The Bertz CT molecular complexity index is 1540. The summed E-state index contributed by atoms with van der Waals surface area (Å²) in [5.74, 6) is -0.00359. The fourth-order valence-corrected chi connectivity index (χ4v) is 6.04. The van der Waals surface area contributed by atoms with Crippen LogP contribution in [0.5, 0.6) is 0 Å². The summed E-state index contributed by atoms with van der Waals surface area (Å²) in [5.41, 5.74) is 10.9. The Labute approximate surface area is 236 Å². The van der Waals surface area contributed by atoms with Gasteiger partial charge in [-0.2, -0.15) is 0 Å². The monoisotopic (exact) mass is 537 g/mol. The summed E-state index contributed by atoms with van der Waals surface area (Å²) < 4.78 is 2.33. The first-order valence-corrected chi connectivity index (χ1v) is 13.8. The van der Waals surface area contributed by atoms with Crippen LogP contribution >= 0.6 is 12.2 Å². The van der Waals surface area contributed by atoms with Gasteiger partial charge in [0.05, 0.1) is 17.8 Å². The Morgan fingerprint density at radius 3 is 2.36 bits per heavy atom. The summed E-state index contributed by atoms with van der Waals surface area (Å²) in [7, 11) is 0. The predicted molar refractivity (Wildman–Crippen MR) is 163 cm³/mol. The molecule has 200 valence electrons. The van der Waals surface area contributed by atoms with E-state index in [0.717, 1.165) is 28.3 Å². The van der Waals surface area contributed by atoms with Crippen LogP contribution in [0.15, 0.2) is 66.9 Å². The minimum Gasteiger partial charge on any atom is -0.351 e. The molecule has 4 aromatic rings. The highest BCUT2D eigenvalue weighted by Gasteiger charge is 2.42. The lowest BCUT2D eigenvalue weighted by Gasteiger charge is -2.29. The molecule has 1 saturated heterocycles. The van der Waals surface area contributed by atoms with E-state index in [-0.39, 0.29) is 18.0 Å². The largest absolute Gasteiger partial charge is 0.351 e. The molecule has 0 spiro atoms. The maximum Gasteiger partial charge on any atom is 0.224 e. The van der Waals surface area contributed by atoms with Gasteiger partial charge >= 0.3 is 0 Å². The van der Waals surface area contributed by atoms with Crippen LogP contribution in [0.1, 0.15) is 64.8 Å². The van der Waals surface area contributed by atoms with Crippen LogP contribution in [0, 0.1) is 34.6 Å². The summed E-state index contributed by atoms with van der Waals surface area (Å²) in [6, 6.07) is 20.8. The van der Waals surface area contributed by atoms with Crippen molar-refractivity contribution < 1.29 is 4.79 Å². The Hall–Kier alpha value is -3.97. The lowest BCUT2D eigenvalue weighted by Crippen LogP contribution is -2.29. The summed E-state index contributed by atoms with van der Waals surface area (Å²) in [4.78, 5) is 18.9. The van der Waals surface area contributed by atoms with Crippen molar-refractivity contribution in [2.24, 2.45) is 0 Å². The summed E-state index contributed by atoms with van der Waals surface area (Å²) in [5, 5.41) is 7.22. The Morgan fingerprint density at radius 2 is 1.72 bits per heavy atom. The Kier molecular flexibility index (Phi) is 7.28. The van der Waals surface area contributed by atoms with E-state index in [2.05, 4.69) is 84.2 Å². The van der Waals surface area contributed by atoms with Crippen molar-refractivity contribution in [2.45, 2.75) is 60.0 Å². The highest BCUT2D eigenvalue weighted by Crippen LogP contribution is 2.44. The molecule has 1 aliphatic heterocycles. The molecule has 1 fully saturated rings. The molecule has 1 amide bonds. The standard InChI is InChI=1S/C32H35N5OS/c1-7-29(38)34-27-12-11-24(17-21(27)4)37-31(30(35-32(37)39)28-10-8-9-13-33-28)26-18-22(5)36(23(26)6)25-15-19(2)14-20(3)16-25/h8-18,30-31H,7H2,1-6H3,(H,34,38)(H,35,39)/t30-,31-/m0/s1. The van der Waals surface area contributed by atoms with Gasteiger partial charge in [-0.05, 0) is 118 Å². The van der Waals surface area contributed by atoms with E-state index in [1.165, 1.54) is 28.1 Å². The third-order valence-corrected chi connectivity index (χ3v) is 7.75. The molecule has 2 atom stereocenters. The number of aryl methyl sites for hydroxylation is 4. The van der Waals surface area contributed by atoms with E-state index < -0.39 is 0 Å². The summed E-state index contributed by atoms with van der Waals surface area (Å²) in [6.45, 7) is 12.5. The average molecular weight is 538 g/mol. The van der Waals surface area contributed by atoms with Gasteiger partial charge in [-0.3, -0.25) is 9.78 Å². The zero-order chi connectivity index (χ0) is 27.8. The second-order valence-electron chi connectivity index (χ2n) is 10.4. The van der Waals surface area contributed by atoms with Gasteiger partial charge in [0, 0.05) is 41.1 Å². The smallest absolute Gasteiger partial charge is 0.224 e. The number of carbonyl (C=O) groups excluding carboxylic acids is 1. The van der Waals surface area contributed by atoms with Crippen LogP contribution in [-0.2, 0) is 4.79 Å². The molecule has 0 unspecified atom stereocenters. The molecule has 0 saturated carbocycles. The molecule has 5 rings (SSSR count). The van der Waals surface area contributed by atoms with Gasteiger partial charge in [0.2, 0.25) is 5.91 Å². The topological polar surface area (TPSA) is 62.2 Å². The SMILES string of the molecule is CCC(=O)Nc1ccc(N2C(=S)N[C@@H](c3ccccn3)[C@@H]2c2cc(C)n(-c3cc(C)cc(C)c3)c2C)cc1C. The molecule has 2 aromatic carbocycles. The van der Waals surface area contributed by atoms with Crippen LogP contribution < -0.4 is 15.5 Å². The first kappa shape index (κ1) is 26.6. The highest BCUT2D eigenvalue weighted by molar-refractivity contribution is 7.80. The third kappa shape index (κ3) is 5.06. The van der Waals surface area contributed by atoms with E-state index in [9.17, 15) is 4.79 Å². The van der Waals surface area contributed by atoms with Crippen LogP contribution in [0.25, 0.3) is 5.69 Å². The minimum absolute atomic E-state index is 0.00359. The maximum atomic E-state index is 12.0. The number of anilines is 2. The van der Waals surface area contributed by atoms with Crippen LogP contribution in [0.2, 0.25) is 0 Å². The second-order valence-corrected chi connectivity index (χ2v) is 10.8. The molecule has 6 nitrogen and oxygen atoms in total. The quantitative estimate of drug-likeness (QED) is 0.261. The number of nitrogens with one attached hydrogen (secondary N) is 2. The van der Waals surface area contributed by atoms with Crippen molar-refractivity contribution in [1.82, 2.24) is 14.9 Å². The van der Waals surface area contributed by atoms with Gasteiger partial charge in [0.15, 0.2) is 5.11 Å². The first-order chi connectivity index (χ1) is 18.7. The van der Waals surface area contributed by atoms with Crippen molar-refractivity contribution >= 4 is 34.6 Å². The van der Waals surface area contributed by atoms with Gasteiger partial charge in [0.25, 0.3) is 0 Å². The molecule has 1 aliphatic rings. The molecular weight excluding hydrogens is 502 g/mol. The van der Waals surface area contributed by atoms with Gasteiger partial charge in [-0.1, -0.05) is 19.1 Å². The number of thiocarbonyl (C=S) groups is 1. The maximum absolute atomic E-state index is 12.0. The van der Waals surface area contributed by atoms with Crippen molar-refractivity contribution in [1.29, 1.82) is 0 Å². The van der Waals surface area contributed by atoms with Gasteiger partial charge < -0.3 is 20.1 Å².